The third-order valence-electron chi connectivity index (χ3n) is 7.09. The molecule has 0 unspecified atom stereocenters. The summed E-state index contributed by atoms with van der Waals surface area (Å²) in [5.41, 5.74) is 1.53. The van der Waals surface area contributed by atoms with Crippen molar-refractivity contribution in [3.63, 3.8) is 0 Å². The fourth-order valence-electron chi connectivity index (χ4n) is 5.55. The van der Waals surface area contributed by atoms with Gasteiger partial charge in [0.1, 0.15) is 5.54 Å². The number of carbonyl (C=O) groups excluding carboxylic acids is 3. The molecule has 3 aliphatic rings. The maximum atomic E-state index is 13.7. The Kier molecular flexibility index (Phi) is 4.91. The summed E-state index contributed by atoms with van der Waals surface area (Å²) < 4.78 is 0. The van der Waals surface area contributed by atoms with Crippen molar-refractivity contribution in [2.75, 3.05) is 10.2 Å². The second kappa shape index (κ2) is 7.53. The van der Waals surface area contributed by atoms with Crippen LogP contribution in [0.3, 0.4) is 0 Å². The van der Waals surface area contributed by atoms with Crippen LogP contribution in [0.15, 0.2) is 48.5 Å². The van der Waals surface area contributed by atoms with Crippen molar-refractivity contribution in [3.05, 3.63) is 59.7 Å². The minimum absolute atomic E-state index is 0.366. The average molecular weight is 434 g/mol. The van der Waals surface area contributed by atoms with E-state index in [1.54, 1.807) is 37.3 Å². The van der Waals surface area contributed by atoms with E-state index in [9.17, 15) is 19.5 Å². The highest BCUT2D eigenvalue weighted by Gasteiger charge is 2.71. The first kappa shape index (κ1) is 20.8. The summed E-state index contributed by atoms with van der Waals surface area (Å²) in [7, 11) is 0. The Hall–Kier alpha value is -3.03. The molecule has 7 heteroatoms. The number of aryl methyl sites for hydroxylation is 1. The molecule has 1 spiro atoms. The number of aliphatic hydroxyl groups is 1. The van der Waals surface area contributed by atoms with Crippen LogP contribution in [-0.4, -0.2) is 35.0 Å². The van der Waals surface area contributed by atoms with Gasteiger partial charge in [0.15, 0.2) is 0 Å². The minimum Gasteiger partial charge on any atom is -0.392 e. The van der Waals surface area contributed by atoms with Crippen molar-refractivity contribution in [2.24, 2.45) is 11.8 Å². The van der Waals surface area contributed by atoms with Gasteiger partial charge < -0.3 is 10.4 Å². The summed E-state index contributed by atoms with van der Waals surface area (Å²) in [5.74, 6) is -2.93. The Morgan fingerprint density at radius 1 is 1.06 bits per heavy atom. The van der Waals surface area contributed by atoms with Crippen LogP contribution < -0.4 is 15.5 Å². The van der Waals surface area contributed by atoms with Crippen molar-refractivity contribution >= 4 is 29.1 Å². The van der Waals surface area contributed by atoms with Crippen LogP contribution in [0, 0.1) is 11.8 Å². The van der Waals surface area contributed by atoms with Crippen molar-refractivity contribution in [1.29, 1.82) is 0 Å². The van der Waals surface area contributed by atoms with Crippen LogP contribution in [-0.2, 0) is 26.3 Å². The maximum absolute atomic E-state index is 13.7. The number of para-hydroxylation sites is 1. The van der Waals surface area contributed by atoms with Crippen LogP contribution in [0.2, 0.25) is 0 Å². The average Bonchev–Trinajstić information content (AvgIpc) is 3.38. The van der Waals surface area contributed by atoms with Gasteiger partial charge in [0.05, 0.1) is 23.6 Å². The van der Waals surface area contributed by atoms with Gasteiger partial charge in [0.2, 0.25) is 17.7 Å². The van der Waals surface area contributed by atoms with Gasteiger partial charge in [0, 0.05) is 17.3 Å². The number of carbonyl (C=O) groups is 3. The lowest BCUT2D eigenvalue weighted by Crippen LogP contribution is -2.54. The Labute approximate surface area is 186 Å². The summed E-state index contributed by atoms with van der Waals surface area (Å²) in [6.07, 6.45) is 2.19. The predicted octanol–water partition coefficient (Wildman–Crippen LogP) is 2.33. The number of hydrogen-bond acceptors (Lipinski definition) is 5. The van der Waals surface area contributed by atoms with Crippen LogP contribution in [0.5, 0.6) is 0 Å². The largest absolute Gasteiger partial charge is 0.392 e. The van der Waals surface area contributed by atoms with E-state index >= 15 is 0 Å². The second-order valence-corrected chi connectivity index (χ2v) is 9.00. The van der Waals surface area contributed by atoms with E-state index in [1.807, 2.05) is 18.2 Å². The van der Waals surface area contributed by atoms with Crippen LogP contribution in [0.4, 0.5) is 11.4 Å². The van der Waals surface area contributed by atoms with Crippen molar-refractivity contribution in [1.82, 2.24) is 5.32 Å². The fraction of sp³-hybridized carbons (Fsp3) is 0.400. The molecule has 5 rings (SSSR count). The highest BCUT2D eigenvalue weighted by atomic mass is 16.3. The van der Waals surface area contributed by atoms with Crippen LogP contribution in [0.1, 0.15) is 37.8 Å². The lowest BCUT2D eigenvalue weighted by Gasteiger charge is -2.30. The molecular formula is C25H27N3O4. The molecule has 0 aliphatic carbocycles. The molecule has 3 amide bonds. The smallest absolute Gasteiger partial charge is 0.250 e. The molecule has 2 saturated heterocycles. The van der Waals surface area contributed by atoms with E-state index in [4.69, 9.17) is 0 Å². The van der Waals surface area contributed by atoms with E-state index in [-0.39, 0.29) is 11.8 Å². The molecule has 3 aliphatic heterocycles. The van der Waals surface area contributed by atoms with E-state index in [2.05, 4.69) is 17.6 Å². The number of anilines is 2. The standard InChI is InChI=1S/C25H27N3O4/c1-3-4-7-15-10-12-16(13-11-15)28-22(30)19-20(23(28)31)25(27-21(19)14(2)29)17-8-5-6-9-18(17)26-24(25)32/h5-6,8-14,19-21,27,29H,3-4,7H2,1-2H3,(H,26,32)/t14-,19-,20-,21-,25-/m0/s1. The van der Waals surface area contributed by atoms with Crippen LogP contribution in [0.25, 0.3) is 0 Å². The van der Waals surface area contributed by atoms with Gasteiger partial charge in [-0.2, -0.15) is 0 Å². The van der Waals surface area contributed by atoms with Gasteiger partial charge >= 0.3 is 0 Å². The molecule has 3 N–H and O–H groups in total. The molecule has 0 saturated carbocycles. The summed E-state index contributed by atoms with van der Waals surface area (Å²) >= 11 is 0. The normalized spacial score (nSPS) is 29.4. The van der Waals surface area contributed by atoms with Crippen molar-refractivity contribution in [3.8, 4) is 0 Å². The Morgan fingerprint density at radius 2 is 1.78 bits per heavy atom. The van der Waals surface area contributed by atoms with E-state index in [0.717, 1.165) is 24.8 Å². The molecule has 2 aromatic carbocycles. The summed E-state index contributed by atoms with van der Waals surface area (Å²) in [5, 5.41) is 16.5. The van der Waals surface area contributed by atoms with Gasteiger partial charge in [-0.15, -0.1) is 0 Å². The number of amides is 3. The second-order valence-electron chi connectivity index (χ2n) is 9.00. The number of hydrogen-bond donors (Lipinski definition) is 3. The number of nitrogens with one attached hydrogen (secondary N) is 2. The SMILES string of the molecule is CCCCc1ccc(N2C(=O)[C@@H]3[C@H]([C@H](C)O)N[C@]4(C(=O)Nc5ccccc54)[C@@H]3C2=O)cc1. The summed E-state index contributed by atoms with van der Waals surface area (Å²) in [6.45, 7) is 3.71. The van der Waals surface area contributed by atoms with Crippen molar-refractivity contribution in [2.45, 2.75) is 50.8 Å². The molecule has 5 atom stereocenters. The van der Waals surface area contributed by atoms with Crippen molar-refractivity contribution < 1.29 is 19.5 Å². The molecular weight excluding hydrogens is 406 g/mol. The molecule has 2 fully saturated rings. The van der Waals surface area contributed by atoms with E-state index in [1.165, 1.54) is 4.90 Å². The fourth-order valence-corrected chi connectivity index (χ4v) is 5.55. The predicted molar refractivity (Wildman–Crippen MR) is 120 cm³/mol. The van der Waals surface area contributed by atoms with Gasteiger partial charge in [0.25, 0.3) is 0 Å². The molecule has 2 aromatic rings. The summed E-state index contributed by atoms with van der Waals surface area (Å²) in [4.78, 5) is 41.8. The number of aliphatic hydroxyl groups excluding tert-OH is 1. The molecule has 166 valence electrons. The first-order valence-electron chi connectivity index (χ1n) is 11.2. The highest BCUT2D eigenvalue weighted by molar-refractivity contribution is 6.25. The highest BCUT2D eigenvalue weighted by Crippen LogP contribution is 2.53. The van der Waals surface area contributed by atoms with Gasteiger partial charge in [-0.25, -0.2) is 4.90 Å². The van der Waals surface area contributed by atoms with Gasteiger partial charge in [-0.05, 0) is 43.5 Å². The molecule has 0 bridgehead atoms. The maximum Gasteiger partial charge on any atom is 0.250 e. The number of fused-ring (bicyclic) bond motifs is 4. The molecule has 0 radical (unpaired) electrons. The molecule has 0 aromatic heterocycles. The van der Waals surface area contributed by atoms with E-state index < -0.39 is 35.4 Å². The van der Waals surface area contributed by atoms with Gasteiger partial charge in [-0.3, -0.25) is 19.7 Å². The third-order valence-corrected chi connectivity index (χ3v) is 7.09. The lowest BCUT2D eigenvalue weighted by atomic mass is 9.76. The number of nitrogens with zero attached hydrogens (tertiary/aromatic N) is 1. The number of rotatable bonds is 5. The first-order chi connectivity index (χ1) is 15.4. The summed E-state index contributed by atoms with van der Waals surface area (Å²) in [6, 6.07) is 13.9. The minimum atomic E-state index is -1.38. The van der Waals surface area contributed by atoms with Gasteiger partial charge in [-0.1, -0.05) is 43.7 Å². The monoisotopic (exact) mass is 433 g/mol. The molecule has 7 nitrogen and oxygen atoms in total. The van der Waals surface area contributed by atoms with Crippen LogP contribution >= 0.6 is 0 Å². The zero-order valence-corrected chi connectivity index (χ0v) is 18.2. The molecule has 3 heterocycles. The number of unbranched alkanes of at least 4 members (excludes halogenated alkanes) is 1. The Morgan fingerprint density at radius 3 is 2.47 bits per heavy atom. The lowest BCUT2D eigenvalue weighted by molar-refractivity contribution is -0.130. The third kappa shape index (κ3) is 2.77. The molecule has 32 heavy (non-hydrogen) atoms. The topological polar surface area (TPSA) is 98.7 Å². The van der Waals surface area contributed by atoms with E-state index in [0.29, 0.717) is 16.9 Å². The number of benzene rings is 2. The zero-order chi connectivity index (χ0) is 22.6. The Balaban J connectivity index is 1.58. The Bertz CT molecular complexity index is 1100. The quantitative estimate of drug-likeness (QED) is 0.629. The number of imide groups is 1. The first-order valence-corrected chi connectivity index (χ1v) is 11.2. The zero-order valence-electron chi connectivity index (χ0n) is 18.2.